The minimum absolute atomic E-state index is 0.667. The molecule has 0 amide bonds. The zero-order valence-electron chi connectivity index (χ0n) is 14.9. The first-order valence-electron chi connectivity index (χ1n) is 9.12. The maximum atomic E-state index is 5.30. The van der Waals surface area contributed by atoms with Crippen LogP contribution in [0.3, 0.4) is 0 Å². The number of hydrogen-bond acceptors (Lipinski definition) is 3. The molecule has 1 fully saturated rings. The zero-order chi connectivity index (χ0) is 15.5. The molecule has 1 saturated carbocycles. The van der Waals surface area contributed by atoms with Gasteiger partial charge in [0.15, 0.2) is 0 Å². The quantitative estimate of drug-likeness (QED) is 0.631. The molecular weight excluding hydrogens is 260 g/mol. The highest BCUT2D eigenvalue weighted by Gasteiger charge is 2.25. The Hall–Kier alpha value is -0.120. The monoisotopic (exact) mass is 298 g/mol. The van der Waals surface area contributed by atoms with Gasteiger partial charge in [-0.25, -0.2) is 0 Å². The number of methoxy groups -OCH3 is 1. The predicted molar refractivity (Wildman–Crippen MR) is 91.8 cm³/mol. The molecule has 126 valence electrons. The van der Waals surface area contributed by atoms with E-state index in [-0.39, 0.29) is 0 Å². The van der Waals surface area contributed by atoms with Crippen molar-refractivity contribution in [3.05, 3.63) is 0 Å². The van der Waals surface area contributed by atoms with Crippen LogP contribution in [0.15, 0.2) is 0 Å². The molecule has 0 aromatic heterocycles. The minimum atomic E-state index is 0.667. The minimum Gasteiger partial charge on any atom is -0.383 e. The molecule has 1 aliphatic rings. The van der Waals surface area contributed by atoms with Crippen molar-refractivity contribution in [2.45, 2.75) is 65.3 Å². The Kier molecular flexibility index (Phi) is 10.3. The fourth-order valence-electron chi connectivity index (χ4n) is 3.52. The highest BCUT2D eigenvalue weighted by atomic mass is 16.5. The van der Waals surface area contributed by atoms with Crippen LogP contribution in [0.2, 0.25) is 0 Å². The summed E-state index contributed by atoms with van der Waals surface area (Å²) >= 11 is 0. The van der Waals surface area contributed by atoms with E-state index in [9.17, 15) is 0 Å². The summed E-state index contributed by atoms with van der Waals surface area (Å²) in [5.41, 5.74) is 0. The van der Waals surface area contributed by atoms with Gasteiger partial charge in [-0.2, -0.15) is 0 Å². The van der Waals surface area contributed by atoms with Crippen LogP contribution in [0.25, 0.3) is 0 Å². The molecule has 0 saturated heterocycles. The van der Waals surface area contributed by atoms with Crippen molar-refractivity contribution in [1.82, 2.24) is 10.2 Å². The van der Waals surface area contributed by atoms with Crippen molar-refractivity contribution < 1.29 is 4.74 Å². The van der Waals surface area contributed by atoms with Gasteiger partial charge in [-0.05, 0) is 37.6 Å². The van der Waals surface area contributed by atoms with E-state index in [1.807, 2.05) is 7.11 Å². The van der Waals surface area contributed by atoms with Crippen LogP contribution in [0.5, 0.6) is 0 Å². The van der Waals surface area contributed by atoms with Crippen molar-refractivity contribution in [1.29, 1.82) is 0 Å². The molecule has 0 aromatic carbocycles. The van der Waals surface area contributed by atoms with Crippen molar-refractivity contribution in [3.63, 3.8) is 0 Å². The van der Waals surface area contributed by atoms with Crippen molar-refractivity contribution in [3.8, 4) is 0 Å². The lowest BCUT2D eigenvalue weighted by Crippen LogP contribution is -2.48. The van der Waals surface area contributed by atoms with E-state index in [0.717, 1.165) is 31.5 Å². The molecule has 1 unspecified atom stereocenters. The highest BCUT2D eigenvalue weighted by Crippen LogP contribution is 2.27. The number of ether oxygens (including phenoxy) is 1. The van der Waals surface area contributed by atoms with E-state index in [1.165, 1.54) is 51.6 Å². The summed E-state index contributed by atoms with van der Waals surface area (Å²) in [6.07, 6.45) is 8.36. The molecule has 0 radical (unpaired) electrons. The van der Waals surface area contributed by atoms with Crippen molar-refractivity contribution in [2.75, 3.05) is 39.9 Å². The average Bonchev–Trinajstić information content (AvgIpc) is 2.49. The second-order valence-corrected chi connectivity index (χ2v) is 7.10. The van der Waals surface area contributed by atoms with Crippen LogP contribution in [0.1, 0.15) is 59.3 Å². The first kappa shape index (κ1) is 18.9. The highest BCUT2D eigenvalue weighted by molar-refractivity contribution is 4.82. The molecule has 0 bridgehead atoms. The Bertz CT molecular complexity index is 239. The lowest BCUT2D eigenvalue weighted by molar-refractivity contribution is 0.118. The summed E-state index contributed by atoms with van der Waals surface area (Å²) in [5.74, 6) is 1.60. The SMILES string of the molecule is CCCNC(CN(CCOC)CC(C)C)C1CCCCC1. The summed E-state index contributed by atoms with van der Waals surface area (Å²) in [5, 5.41) is 3.84. The van der Waals surface area contributed by atoms with E-state index >= 15 is 0 Å². The number of hydrogen-bond donors (Lipinski definition) is 1. The van der Waals surface area contributed by atoms with Crippen LogP contribution in [-0.2, 0) is 4.74 Å². The summed E-state index contributed by atoms with van der Waals surface area (Å²) in [6.45, 7) is 12.3. The van der Waals surface area contributed by atoms with Crippen LogP contribution in [-0.4, -0.2) is 50.8 Å². The lowest BCUT2D eigenvalue weighted by Gasteiger charge is -2.35. The first-order valence-corrected chi connectivity index (χ1v) is 9.12. The van der Waals surface area contributed by atoms with Gasteiger partial charge in [0, 0.05) is 32.8 Å². The first-order chi connectivity index (χ1) is 10.2. The summed E-state index contributed by atoms with van der Waals surface area (Å²) in [4.78, 5) is 2.61. The largest absolute Gasteiger partial charge is 0.383 e. The Morgan fingerprint density at radius 3 is 2.43 bits per heavy atom. The maximum absolute atomic E-state index is 5.30. The number of nitrogens with zero attached hydrogens (tertiary/aromatic N) is 1. The van der Waals surface area contributed by atoms with Crippen LogP contribution in [0.4, 0.5) is 0 Å². The van der Waals surface area contributed by atoms with Gasteiger partial charge >= 0.3 is 0 Å². The third-order valence-electron chi connectivity index (χ3n) is 4.57. The van der Waals surface area contributed by atoms with Gasteiger partial charge in [0.2, 0.25) is 0 Å². The molecule has 1 N–H and O–H groups in total. The zero-order valence-corrected chi connectivity index (χ0v) is 14.9. The van der Waals surface area contributed by atoms with E-state index in [2.05, 4.69) is 31.0 Å². The molecule has 0 aliphatic heterocycles. The van der Waals surface area contributed by atoms with Crippen molar-refractivity contribution >= 4 is 0 Å². The van der Waals surface area contributed by atoms with Gasteiger partial charge in [0.05, 0.1) is 6.61 Å². The van der Waals surface area contributed by atoms with Crippen LogP contribution in [0, 0.1) is 11.8 Å². The molecule has 21 heavy (non-hydrogen) atoms. The van der Waals surface area contributed by atoms with Gasteiger partial charge in [0.1, 0.15) is 0 Å². The van der Waals surface area contributed by atoms with Gasteiger partial charge in [-0.3, -0.25) is 4.90 Å². The molecular formula is C18H38N2O. The number of rotatable bonds is 11. The number of nitrogens with one attached hydrogen (secondary N) is 1. The Balaban J connectivity index is 2.55. The second-order valence-electron chi connectivity index (χ2n) is 7.10. The topological polar surface area (TPSA) is 24.5 Å². The third kappa shape index (κ3) is 8.18. The van der Waals surface area contributed by atoms with Gasteiger partial charge in [-0.1, -0.05) is 40.0 Å². The van der Waals surface area contributed by atoms with Gasteiger partial charge in [0.25, 0.3) is 0 Å². The Morgan fingerprint density at radius 1 is 1.14 bits per heavy atom. The molecule has 3 heteroatoms. The van der Waals surface area contributed by atoms with E-state index in [4.69, 9.17) is 4.74 Å². The van der Waals surface area contributed by atoms with Crippen molar-refractivity contribution in [2.24, 2.45) is 11.8 Å². The molecule has 1 aliphatic carbocycles. The summed E-state index contributed by atoms with van der Waals surface area (Å²) in [7, 11) is 1.81. The summed E-state index contributed by atoms with van der Waals surface area (Å²) < 4.78 is 5.30. The van der Waals surface area contributed by atoms with Crippen LogP contribution >= 0.6 is 0 Å². The van der Waals surface area contributed by atoms with Gasteiger partial charge in [-0.15, -0.1) is 0 Å². The molecule has 1 rings (SSSR count). The summed E-state index contributed by atoms with van der Waals surface area (Å²) in [6, 6.07) is 0.667. The molecule has 1 atom stereocenters. The fraction of sp³-hybridized carbons (Fsp3) is 1.00. The Labute approximate surface area is 132 Å². The lowest BCUT2D eigenvalue weighted by atomic mass is 9.83. The van der Waals surface area contributed by atoms with Gasteiger partial charge < -0.3 is 10.1 Å². The van der Waals surface area contributed by atoms with Crippen LogP contribution < -0.4 is 5.32 Å². The standard InChI is InChI=1S/C18H38N2O/c1-5-11-19-18(17-9-7-6-8-10-17)15-20(12-13-21-4)14-16(2)3/h16-19H,5-15H2,1-4H3. The van der Waals surface area contributed by atoms with E-state index in [0.29, 0.717) is 6.04 Å². The normalized spacial score (nSPS) is 18.6. The van der Waals surface area contributed by atoms with E-state index < -0.39 is 0 Å². The molecule has 0 heterocycles. The maximum Gasteiger partial charge on any atom is 0.0589 e. The average molecular weight is 299 g/mol. The smallest absolute Gasteiger partial charge is 0.0589 e. The van der Waals surface area contributed by atoms with E-state index in [1.54, 1.807) is 0 Å². The third-order valence-corrected chi connectivity index (χ3v) is 4.57. The Morgan fingerprint density at radius 2 is 1.86 bits per heavy atom. The predicted octanol–water partition coefficient (Wildman–Crippen LogP) is 3.54. The molecule has 0 spiro atoms. The molecule has 3 nitrogen and oxygen atoms in total. The second kappa shape index (κ2) is 11.4. The molecule has 0 aromatic rings. The fourth-order valence-corrected chi connectivity index (χ4v) is 3.52.